The number of carbonyl (C=O) groups excluding carboxylic acids is 7. The molecule has 5 amide bonds. The molecule has 0 unspecified atom stereocenters. The average molecular weight is 861 g/mol. The van der Waals surface area contributed by atoms with Gasteiger partial charge in [0.1, 0.15) is 17.8 Å². The maximum atomic E-state index is 14.4. The van der Waals surface area contributed by atoms with E-state index < -0.39 is 90.4 Å². The second-order valence-corrected chi connectivity index (χ2v) is 15.9. The molecule has 0 aliphatic carbocycles. The molecule has 0 radical (unpaired) electrons. The maximum Gasteiger partial charge on any atom is 0.417 e. The zero-order valence-corrected chi connectivity index (χ0v) is 34.1. The normalized spacial score (nSPS) is 21.2. The quantitative estimate of drug-likeness (QED) is 0.144. The summed E-state index contributed by atoms with van der Waals surface area (Å²) in [6, 6.07) is 6.76. The number of nitrogens with one attached hydrogen (secondary N) is 6. The molecular weight excluding hydrogens is 818 g/mol. The van der Waals surface area contributed by atoms with Crippen LogP contribution < -0.4 is 21.3 Å². The lowest BCUT2D eigenvalue weighted by molar-refractivity contribution is -0.136. The molecule has 1 aliphatic rings. The lowest BCUT2D eigenvalue weighted by Crippen LogP contribution is -2.53. The van der Waals surface area contributed by atoms with Crippen molar-refractivity contribution in [2.45, 2.75) is 76.2 Å². The highest BCUT2D eigenvalue weighted by atomic mass is 32.1. The van der Waals surface area contributed by atoms with Crippen LogP contribution in [0.2, 0.25) is 0 Å². The van der Waals surface area contributed by atoms with Crippen LogP contribution in [0.4, 0.5) is 13.2 Å². The Balaban J connectivity index is 1.36. The number of amides is 5. The zero-order chi connectivity index (χ0) is 44.2. The molecule has 5 aromatic rings. The Kier molecular flexibility index (Phi) is 13.2. The number of rotatable bonds is 4. The van der Waals surface area contributed by atoms with Crippen molar-refractivity contribution in [1.29, 1.82) is 0 Å². The predicted molar refractivity (Wildman–Crippen MR) is 219 cm³/mol. The number of halogens is 3. The van der Waals surface area contributed by atoms with Crippen LogP contribution >= 0.6 is 11.3 Å². The van der Waals surface area contributed by atoms with Crippen LogP contribution in [0, 0.1) is 0 Å². The Labute approximate surface area is 350 Å². The Bertz CT molecular complexity index is 2540. The van der Waals surface area contributed by atoms with Gasteiger partial charge in [0.05, 0.1) is 28.9 Å². The fourth-order valence-electron chi connectivity index (χ4n) is 7.13. The Morgan fingerprint density at radius 2 is 1.52 bits per heavy atom. The monoisotopic (exact) mass is 860 g/mol. The zero-order valence-electron chi connectivity index (χ0n) is 33.3. The van der Waals surface area contributed by atoms with Crippen molar-refractivity contribution < 1.29 is 46.7 Å². The van der Waals surface area contributed by atoms with Crippen LogP contribution in [0.1, 0.15) is 71.2 Å². The third-order valence-corrected chi connectivity index (χ3v) is 11.4. The number of benzene rings is 2. The number of alkyl halides is 3. The number of aromatic amines is 2. The van der Waals surface area contributed by atoms with Crippen LogP contribution in [0.15, 0.2) is 72.5 Å². The molecule has 0 saturated carbocycles. The van der Waals surface area contributed by atoms with Gasteiger partial charge in [-0.2, -0.15) is 13.2 Å². The Morgan fingerprint density at radius 1 is 0.836 bits per heavy atom. The van der Waals surface area contributed by atoms with E-state index in [1.54, 1.807) is 19.2 Å². The first kappa shape index (κ1) is 43.9. The molecule has 2 bridgehead atoms. The number of para-hydroxylation sites is 1. The summed E-state index contributed by atoms with van der Waals surface area (Å²) in [5, 5.41) is 12.6. The number of fused-ring (bicyclic) bond motifs is 4. The molecule has 61 heavy (non-hydrogen) atoms. The van der Waals surface area contributed by atoms with Gasteiger partial charge in [0, 0.05) is 84.6 Å². The molecule has 0 spiro atoms. The smallest absolute Gasteiger partial charge is 0.361 e. The molecule has 0 fully saturated rings. The van der Waals surface area contributed by atoms with Gasteiger partial charge < -0.3 is 36.1 Å². The van der Waals surface area contributed by atoms with Crippen molar-refractivity contribution in [2.75, 3.05) is 13.6 Å². The van der Waals surface area contributed by atoms with Crippen LogP contribution in [-0.2, 0) is 47.8 Å². The van der Waals surface area contributed by atoms with Gasteiger partial charge in [-0.25, -0.2) is 4.98 Å². The topological polar surface area (TPSA) is 215 Å². The summed E-state index contributed by atoms with van der Waals surface area (Å²) in [4.78, 5) is 106. The van der Waals surface area contributed by atoms with Gasteiger partial charge >= 0.3 is 6.18 Å². The van der Waals surface area contributed by atoms with Gasteiger partial charge in [0.2, 0.25) is 17.7 Å². The number of thiazole rings is 1. The number of hydrogen-bond acceptors (Lipinski definition) is 9. The first-order valence-electron chi connectivity index (χ1n) is 19.3. The van der Waals surface area contributed by atoms with Gasteiger partial charge in [0.15, 0.2) is 11.6 Å². The molecule has 320 valence electrons. The summed E-state index contributed by atoms with van der Waals surface area (Å²) in [7, 11) is 1.35. The minimum absolute atomic E-state index is 0.0591. The van der Waals surface area contributed by atoms with E-state index >= 15 is 0 Å². The first-order chi connectivity index (χ1) is 28.9. The maximum absolute atomic E-state index is 14.4. The van der Waals surface area contributed by atoms with Gasteiger partial charge in [-0.3, -0.25) is 33.6 Å². The van der Waals surface area contributed by atoms with Gasteiger partial charge in [-0.1, -0.05) is 37.8 Å². The molecule has 6 rings (SSSR count). The van der Waals surface area contributed by atoms with Crippen LogP contribution in [-0.4, -0.2) is 92.7 Å². The summed E-state index contributed by atoms with van der Waals surface area (Å²) in [5.74, 6) is -5.47. The fourth-order valence-corrected chi connectivity index (χ4v) is 7.99. The van der Waals surface area contributed by atoms with Crippen molar-refractivity contribution >= 4 is 74.2 Å². The number of ketones is 2. The number of Topliss-reactive ketones (excluding diaryl/α,β-unsaturated/α-hetero) is 2. The standard InChI is InChI=1S/C42H43F3N8O7S/c1-21-14-26(54)19-53(4)41(60)23(3)49-37(57)22(2)48-35(56)13-12-34(55)31(16-25-18-47-30-11-7-9-28(36(25)30)42(43,44)45)50-38(58)32(51-39(59)33-20-61-40(21)52-33)15-24-17-46-29-10-6-5-8-27(24)29/h5-11,17-18,20-22,31-32,46-47H,3,12-16,19H2,1-2,4H3,(H,48,56)(H,49,57)(H,50,58)(H,51,59)/t21-,22+,31-,32-/m0/s1. The molecule has 2 aromatic carbocycles. The van der Waals surface area contributed by atoms with Crippen molar-refractivity contribution in [1.82, 2.24) is 41.1 Å². The van der Waals surface area contributed by atoms with E-state index in [2.05, 4.69) is 42.8 Å². The van der Waals surface area contributed by atoms with Gasteiger partial charge in [-0.05, 0) is 36.2 Å². The largest absolute Gasteiger partial charge is 0.417 e. The lowest BCUT2D eigenvalue weighted by Gasteiger charge is -2.23. The summed E-state index contributed by atoms with van der Waals surface area (Å²) in [6.07, 6.45) is -3.35. The Morgan fingerprint density at radius 3 is 2.28 bits per heavy atom. The second kappa shape index (κ2) is 18.3. The molecule has 15 nitrogen and oxygen atoms in total. The van der Waals surface area contributed by atoms with Crippen LogP contribution in [0.25, 0.3) is 21.8 Å². The molecule has 4 atom stereocenters. The van der Waals surface area contributed by atoms with E-state index in [4.69, 9.17) is 0 Å². The summed E-state index contributed by atoms with van der Waals surface area (Å²) >= 11 is 1.11. The highest BCUT2D eigenvalue weighted by Crippen LogP contribution is 2.37. The third kappa shape index (κ3) is 10.4. The van der Waals surface area contributed by atoms with E-state index in [9.17, 15) is 46.7 Å². The van der Waals surface area contributed by atoms with E-state index in [0.717, 1.165) is 33.2 Å². The molecule has 0 saturated heterocycles. The van der Waals surface area contributed by atoms with Crippen LogP contribution in [0.5, 0.6) is 0 Å². The second-order valence-electron chi connectivity index (χ2n) is 15.0. The Hall–Kier alpha value is -6.63. The van der Waals surface area contributed by atoms with Crippen molar-refractivity contribution in [2.24, 2.45) is 0 Å². The van der Waals surface area contributed by atoms with E-state index in [-0.39, 0.29) is 53.0 Å². The third-order valence-electron chi connectivity index (χ3n) is 10.3. The van der Waals surface area contributed by atoms with E-state index in [1.165, 1.54) is 37.7 Å². The number of nitrogens with zero attached hydrogens (tertiary/aromatic N) is 2. The highest BCUT2D eigenvalue weighted by molar-refractivity contribution is 7.09. The van der Waals surface area contributed by atoms with E-state index in [1.807, 2.05) is 18.2 Å². The summed E-state index contributed by atoms with van der Waals surface area (Å²) in [6.45, 7) is 6.31. The van der Waals surface area contributed by atoms with E-state index in [0.29, 0.717) is 10.6 Å². The highest BCUT2D eigenvalue weighted by Gasteiger charge is 2.35. The SMILES string of the molecule is C=C1NC(=O)[C@@H](C)NC(=O)CCC(=O)[C@H](Cc2c[nH]c3cccc(C(F)(F)F)c23)NC(=O)[C@H](Cc2c[nH]c3ccccc23)NC(=O)c2csc(n2)[C@@H](C)CC(=O)CN(C)C1=O. The molecule has 1 aliphatic heterocycles. The molecular formula is C42H43F3N8O7S. The molecule has 6 N–H and O–H groups in total. The van der Waals surface area contributed by atoms with Gasteiger partial charge in [0.25, 0.3) is 11.8 Å². The van der Waals surface area contributed by atoms with Crippen molar-refractivity contribution in [3.8, 4) is 0 Å². The fraction of sp³-hybridized carbons (Fsp3) is 0.333. The minimum Gasteiger partial charge on any atom is -0.361 e. The van der Waals surface area contributed by atoms with Crippen molar-refractivity contribution in [3.05, 3.63) is 99.9 Å². The summed E-state index contributed by atoms with van der Waals surface area (Å²) < 4.78 is 42.7. The number of aromatic nitrogens is 3. The molecule has 4 heterocycles. The number of hydrogen-bond donors (Lipinski definition) is 6. The molecule has 19 heteroatoms. The average Bonchev–Trinajstić information content (AvgIpc) is 3.97. The van der Waals surface area contributed by atoms with Gasteiger partial charge in [-0.15, -0.1) is 11.3 Å². The predicted octanol–water partition coefficient (Wildman–Crippen LogP) is 4.21. The minimum atomic E-state index is -4.76. The number of likely N-dealkylation sites (N-methyl/N-ethyl adjacent to an activating group) is 1. The number of H-pyrrole nitrogens is 2. The lowest BCUT2D eigenvalue weighted by atomic mass is 9.96. The molecule has 3 aromatic heterocycles. The van der Waals surface area contributed by atoms with Crippen LogP contribution in [0.3, 0.4) is 0 Å². The summed E-state index contributed by atoms with van der Waals surface area (Å²) in [5.41, 5.74) is 0.203. The first-order valence-corrected chi connectivity index (χ1v) is 20.1. The van der Waals surface area contributed by atoms with Crippen molar-refractivity contribution in [3.63, 3.8) is 0 Å². The number of carbonyl (C=O) groups is 7.